The van der Waals surface area contributed by atoms with Crippen LogP contribution >= 0.6 is 0 Å². The molecule has 6 heteroatoms. The van der Waals surface area contributed by atoms with E-state index in [4.69, 9.17) is 10.5 Å². The smallest absolute Gasteiger partial charge is 0.134 e. The minimum Gasteiger partial charge on any atom is -0.388 e. The first-order valence-corrected chi connectivity index (χ1v) is 7.17. The number of nitrogens with zero attached hydrogens (tertiary/aromatic N) is 3. The summed E-state index contributed by atoms with van der Waals surface area (Å²) in [5.41, 5.74) is 5.12. The number of likely N-dealkylation sites (N-methyl/N-ethyl adjacent to an activating group) is 1. The molecule has 1 aliphatic heterocycles. The number of hydrogen-bond donors (Lipinski definition) is 2. The molecule has 112 valence electrons. The van der Waals surface area contributed by atoms with E-state index in [2.05, 4.69) is 16.9 Å². The van der Waals surface area contributed by atoms with Gasteiger partial charge in [-0.2, -0.15) is 0 Å². The predicted molar refractivity (Wildman–Crippen MR) is 78.7 cm³/mol. The third kappa shape index (κ3) is 3.80. The van der Waals surface area contributed by atoms with Crippen LogP contribution in [0.15, 0.2) is 6.07 Å². The Labute approximate surface area is 120 Å². The van der Waals surface area contributed by atoms with E-state index in [1.54, 1.807) is 6.07 Å². The fourth-order valence-electron chi connectivity index (χ4n) is 2.47. The molecule has 1 aromatic heterocycles. The summed E-state index contributed by atoms with van der Waals surface area (Å²) >= 11 is 0. The second-order valence-electron chi connectivity index (χ2n) is 5.51. The molecule has 6 nitrogen and oxygen atoms in total. The normalized spacial score (nSPS) is 17.9. The zero-order valence-corrected chi connectivity index (χ0v) is 12.3. The van der Waals surface area contributed by atoms with Crippen molar-refractivity contribution in [3.8, 4) is 0 Å². The zero-order valence-electron chi connectivity index (χ0n) is 12.3. The van der Waals surface area contributed by atoms with E-state index in [0.717, 1.165) is 24.5 Å². The topological polar surface area (TPSA) is 84.5 Å². The summed E-state index contributed by atoms with van der Waals surface area (Å²) in [5.74, 6) is 2.00. The lowest BCUT2D eigenvalue weighted by Gasteiger charge is -2.35. The lowest BCUT2D eigenvalue weighted by molar-refractivity contribution is -0.0573. The highest BCUT2D eigenvalue weighted by Gasteiger charge is 2.31. The van der Waals surface area contributed by atoms with Crippen molar-refractivity contribution in [3.05, 3.63) is 11.9 Å². The summed E-state index contributed by atoms with van der Waals surface area (Å²) in [4.78, 5) is 10.7. The first kappa shape index (κ1) is 15.0. The molecule has 0 bridgehead atoms. The van der Waals surface area contributed by atoms with Crippen molar-refractivity contribution in [2.45, 2.75) is 38.2 Å². The van der Waals surface area contributed by atoms with Gasteiger partial charge in [-0.25, -0.2) is 9.97 Å². The molecule has 2 rings (SSSR count). The molecule has 0 aliphatic carbocycles. The molecule has 0 spiro atoms. The molecule has 0 saturated carbocycles. The molecule has 0 amide bonds. The van der Waals surface area contributed by atoms with Crippen LogP contribution in [0.3, 0.4) is 0 Å². The Bertz CT molecular complexity index is 447. The average molecular weight is 280 g/mol. The maximum Gasteiger partial charge on any atom is 0.134 e. The van der Waals surface area contributed by atoms with Gasteiger partial charge in [0.2, 0.25) is 0 Å². The largest absolute Gasteiger partial charge is 0.388 e. The summed E-state index contributed by atoms with van der Waals surface area (Å²) in [6.45, 7) is 3.83. The highest BCUT2D eigenvalue weighted by atomic mass is 16.5. The zero-order chi connectivity index (χ0) is 14.6. The Morgan fingerprint density at radius 1 is 1.40 bits per heavy atom. The SMILES string of the molecule is CCCc1nc(N)cc(N(C)CC2(O)CCOCC2)n1. The fourth-order valence-corrected chi connectivity index (χ4v) is 2.47. The maximum absolute atomic E-state index is 10.5. The van der Waals surface area contributed by atoms with Gasteiger partial charge < -0.3 is 20.5 Å². The number of anilines is 2. The van der Waals surface area contributed by atoms with Gasteiger partial charge in [-0.3, -0.25) is 0 Å². The minimum absolute atomic E-state index is 0.476. The molecule has 0 atom stereocenters. The highest BCUT2D eigenvalue weighted by molar-refractivity contribution is 5.46. The molecule has 20 heavy (non-hydrogen) atoms. The summed E-state index contributed by atoms with van der Waals surface area (Å²) in [6.07, 6.45) is 3.09. The molecule has 1 fully saturated rings. The molecule has 2 heterocycles. The van der Waals surface area contributed by atoms with E-state index < -0.39 is 5.60 Å². The molecule has 0 radical (unpaired) electrons. The number of nitrogen functional groups attached to an aromatic ring is 1. The van der Waals surface area contributed by atoms with Gasteiger partial charge in [-0.15, -0.1) is 0 Å². The van der Waals surface area contributed by atoms with Gasteiger partial charge in [-0.1, -0.05) is 6.92 Å². The molecule has 1 aliphatic rings. The number of ether oxygens (including phenoxy) is 1. The number of aliphatic hydroxyl groups is 1. The van der Waals surface area contributed by atoms with Crippen LogP contribution in [0.1, 0.15) is 32.0 Å². The van der Waals surface area contributed by atoms with Gasteiger partial charge in [0.25, 0.3) is 0 Å². The van der Waals surface area contributed by atoms with E-state index in [9.17, 15) is 5.11 Å². The first-order valence-electron chi connectivity index (χ1n) is 7.17. The van der Waals surface area contributed by atoms with Crippen LogP contribution in [0.5, 0.6) is 0 Å². The van der Waals surface area contributed by atoms with Crippen molar-refractivity contribution in [2.75, 3.05) is 37.4 Å². The first-order chi connectivity index (χ1) is 9.52. The Kier molecular flexibility index (Phi) is 4.77. The van der Waals surface area contributed by atoms with Crippen molar-refractivity contribution in [1.82, 2.24) is 9.97 Å². The van der Waals surface area contributed by atoms with Gasteiger partial charge in [0.15, 0.2) is 0 Å². The average Bonchev–Trinajstić information content (AvgIpc) is 2.38. The summed E-state index contributed by atoms with van der Waals surface area (Å²) in [5, 5.41) is 10.5. The van der Waals surface area contributed by atoms with E-state index in [0.29, 0.717) is 38.4 Å². The Morgan fingerprint density at radius 2 is 2.10 bits per heavy atom. The standard InChI is InChI=1S/C14H24N4O2/c1-3-4-12-16-11(15)9-13(17-12)18(2)10-14(19)5-7-20-8-6-14/h9,19H,3-8,10H2,1-2H3,(H2,15,16,17). The third-order valence-corrected chi connectivity index (χ3v) is 3.60. The van der Waals surface area contributed by atoms with Gasteiger partial charge in [0.05, 0.1) is 5.60 Å². The van der Waals surface area contributed by atoms with Gasteiger partial charge >= 0.3 is 0 Å². The van der Waals surface area contributed by atoms with E-state index in [1.165, 1.54) is 0 Å². The predicted octanol–water partition coefficient (Wildman–Crippen LogP) is 0.989. The molecule has 0 aromatic carbocycles. The second kappa shape index (κ2) is 6.37. The molecule has 1 aromatic rings. The quantitative estimate of drug-likeness (QED) is 0.836. The summed E-state index contributed by atoms with van der Waals surface area (Å²) in [7, 11) is 1.92. The molecular weight excluding hydrogens is 256 g/mol. The number of nitrogens with two attached hydrogens (primary N) is 1. The van der Waals surface area contributed by atoms with Crippen molar-refractivity contribution < 1.29 is 9.84 Å². The van der Waals surface area contributed by atoms with Crippen molar-refractivity contribution in [3.63, 3.8) is 0 Å². The van der Waals surface area contributed by atoms with Crippen LogP contribution in [0.25, 0.3) is 0 Å². The van der Waals surface area contributed by atoms with Crippen LogP contribution in [0.2, 0.25) is 0 Å². The highest BCUT2D eigenvalue weighted by Crippen LogP contribution is 2.24. The van der Waals surface area contributed by atoms with E-state index >= 15 is 0 Å². The maximum atomic E-state index is 10.5. The Hall–Kier alpha value is -1.40. The molecular formula is C14H24N4O2. The van der Waals surface area contributed by atoms with Gasteiger partial charge in [0.1, 0.15) is 17.5 Å². The van der Waals surface area contributed by atoms with Crippen LogP contribution < -0.4 is 10.6 Å². The van der Waals surface area contributed by atoms with Crippen LogP contribution in [-0.4, -0.2) is 47.5 Å². The van der Waals surface area contributed by atoms with Gasteiger partial charge in [-0.05, 0) is 6.42 Å². The van der Waals surface area contributed by atoms with E-state index in [-0.39, 0.29) is 0 Å². The number of aryl methyl sites for hydroxylation is 1. The summed E-state index contributed by atoms with van der Waals surface area (Å²) < 4.78 is 5.30. The van der Waals surface area contributed by atoms with Crippen molar-refractivity contribution in [1.29, 1.82) is 0 Å². The lowest BCUT2D eigenvalue weighted by Crippen LogP contribution is -2.46. The van der Waals surface area contributed by atoms with Crippen LogP contribution in [0.4, 0.5) is 11.6 Å². The molecule has 3 N–H and O–H groups in total. The molecule has 1 saturated heterocycles. The van der Waals surface area contributed by atoms with Crippen LogP contribution in [-0.2, 0) is 11.2 Å². The molecule has 0 unspecified atom stereocenters. The fraction of sp³-hybridized carbons (Fsp3) is 0.714. The lowest BCUT2D eigenvalue weighted by atomic mass is 9.94. The monoisotopic (exact) mass is 280 g/mol. The van der Waals surface area contributed by atoms with Crippen LogP contribution in [0, 0.1) is 0 Å². The van der Waals surface area contributed by atoms with Crippen molar-refractivity contribution in [2.24, 2.45) is 0 Å². The third-order valence-electron chi connectivity index (χ3n) is 3.60. The Morgan fingerprint density at radius 3 is 2.75 bits per heavy atom. The second-order valence-corrected chi connectivity index (χ2v) is 5.51. The number of aromatic nitrogens is 2. The summed E-state index contributed by atoms with van der Waals surface area (Å²) in [6, 6.07) is 1.75. The van der Waals surface area contributed by atoms with Gasteiger partial charge in [0, 0.05) is 52.1 Å². The number of rotatable bonds is 5. The van der Waals surface area contributed by atoms with E-state index in [1.807, 2.05) is 11.9 Å². The Balaban J connectivity index is 2.09. The number of hydrogen-bond acceptors (Lipinski definition) is 6. The minimum atomic E-state index is -0.711. The van der Waals surface area contributed by atoms with Crippen molar-refractivity contribution >= 4 is 11.6 Å².